The molecule has 1 aliphatic carbocycles. The predicted octanol–water partition coefficient (Wildman–Crippen LogP) is 5.63. The average Bonchev–Trinajstić information content (AvgIpc) is 3.11. The first-order valence-electron chi connectivity index (χ1n) is 10.6. The fourth-order valence-electron chi connectivity index (χ4n) is 4.36. The van der Waals surface area contributed by atoms with Crippen molar-refractivity contribution in [2.45, 2.75) is 31.0 Å². The molecule has 0 saturated carbocycles. The summed E-state index contributed by atoms with van der Waals surface area (Å²) in [4.78, 5) is 24.6. The molecular weight excluding hydrogens is 447 g/mol. The van der Waals surface area contributed by atoms with Crippen LogP contribution in [0.3, 0.4) is 0 Å². The van der Waals surface area contributed by atoms with E-state index in [2.05, 4.69) is 5.32 Å². The third-order valence-corrected chi connectivity index (χ3v) is 6.06. The zero-order valence-corrected chi connectivity index (χ0v) is 18.2. The van der Waals surface area contributed by atoms with E-state index in [-0.39, 0.29) is 18.1 Å². The van der Waals surface area contributed by atoms with Gasteiger partial charge in [0.15, 0.2) is 0 Å². The largest absolute Gasteiger partial charge is 0.480 e. The van der Waals surface area contributed by atoms with Crippen molar-refractivity contribution in [3.05, 3.63) is 95.1 Å². The standard InChI is InChI=1S/C26H22F3NO4/c1-25(23(31)32,14-16-8-2-7-13-22(16)26(27,28)29)30-24(33)34-15-21-19-11-5-3-9-17(19)18-10-4-6-12-20(18)21/h2-13,21H,14-15H2,1H3,(H,30,33)(H,31,32). The number of hydrogen-bond acceptors (Lipinski definition) is 3. The number of carboxylic acid groups (broad SMARTS) is 1. The third kappa shape index (κ3) is 4.48. The fraction of sp³-hybridized carbons (Fsp3) is 0.231. The van der Waals surface area contributed by atoms with Gasteiger partial charge in [0.05, 0.1) is 5.56 Å². The molecule has 0 saturated heterocycles. The van der Waals surface area contributed by atoms with Gasteiger partial charge in [-0.1, -0.05) is 66.7 Å². The van der Waals surface area contributed by atoms with E-state index in [0.717, 1.165) is 35.2 Å². The Balaban J connectivity index is 1.50. The van der Waals surface area contributed by atoms with E-state index in [0.29, 0.717) is 0 Å². The number of hydrogen-bond donors (Lipinski definition) is 2. The monoisotopic (exact) mass is 469 g/mol. The van der Waals surface area contributed by atoms with E-state index in [1.54, 1.807) is 0 Å². The topological polar surface area (TPSA) is 75.6 Å². The number of carbonyl (C=O) groups excluding carboxylic acids is 1. The first kappa shape index (κ1) is 23.4. The Bertz CT molecular complexity index is 1190. The van der Waals surface area contributed by atoms with Crippen LogP contribution in [0.1, 0.15) is 35.1 Å². The highest BCUT2D eigenvalue weighted by Crippen LogP contribution is 2.44. The van der Waals surface area contributed by atoms with E-state index >= 15 is 0 Å². The maximum Gasteiger partial charge on any atom is 0.416 e. The van der Waals surface area contributed by atoms with Gasteiger partial charge in [0.1, 0.15) is 12.1 Å². The van der Waals surface area contributed by atoms with Gasteiger partial charge in [-0.2, -0.15) is 13.2 Å². The molecule has 0 heterocycles. The first-order chi connectivity index (χ1) is 16.1. The van der Waals surface area contributed by atoms with Crippen LogP contribution in [0, 0.1) is 0 Å². The number of halogens is 3. The molecule has 1 aliphatic rings. The van der Waals surface area contributed by atoms with E-state index in [1.165, 1.54) is 18.2 Å². The molecule has 176 valence electrons. The molecule has 0 aromatic heterocycles. The molecule has 2 N–H and O–H groups in total. The summed E-state index contributed by atoms with van der Waals surface area (Å²) in [6.07, 6.45) is -6.24. The molecule has 1 atom stereocenters. The van der Waals surface area contributed by atoms with Gasteiger partial charge in [-0.05, 0) is 40.8 Å². The van der Waals surface area contributed by atoms with Crippen molar-refractivity contribution >= 4 is 12.1 Å². The van der Waals surface area contributed by atoms with Gasteiger partial charge in [-0.3, -0.25) is 0 Å². The Morgan fingerprint density at radius 2 is 1.44 bits per heavy atom. The Labute approximate surface area is 194 Å². The van der Waals surface area contributed by atoms with Gasteiger partial charge in [-0.25, -0.2) is 9.59 Å². The van der Waals surface area contributed by atoms with Gasteiger partial charge in [0.2, 0.25) is 0 Å². The molecule has 4 rings (SSSR count). The zero-order valence-electron chi connectivity index (χ0n) is 18.2. The predicted molar refractivity (Wildman–Crippen MR) is 119 cm³/mol. The molecule has 0 radical (unpaired) electrons. The highest BCUT2D eigenvalue weighted by atomic mass is 19.4. The minimum absolute atomic E-state index is 0.0469. The number of alkyl carbamates (subject to hydrolysis) is 1. The van der Waals surface area contributed by atoms with Gasteiger partial charge in [0.25, 0.3) is 0 Å². The number of fused-ring (bicyclic) bond motifs is 3. The van der Waals surface area contributed by atoms with Crippen LogP contribution in [0.5, 0.6) is 0 Å². The number of amides is 1. The lowest BCUT2D eigenvalue weighted by Gasteiger charge is -2.27. The lowest BCUT2D eigenvalue weighted by Crippen LogP contribution is -2.54. The first-order valence-corrected chi connectivity index (χ1v) is 10.6. The second-order valence-electron chi connectivity index (χ2n) is 8.42. The smallest absolute Gasteiger partial charge is 0.416 e. The normalized spacial score (nSPS) is 14.6. The Morgan fingerprint density at radius 3 is 2.00 bits per heavy atom. The van der Waals surface area contributed by atoms with Crippen LogP contribution in [0.15, 0.2) is 72.8 Å². The van der Waals surface area contributed by atoms with Crippen molar-refractivity contribution in [1.29, 1.82) is 0 Å². The SMILES string of the molecule is CC(Cc1ccccc1C(F)(F)F)(NC(=O)OCC1c2ccccc2-c2ccccc21)C(=O)O. The summed E-state index contributed by atoms with van der Waals surface area (Å²) in [7, 11) is 0. The number of ether oxygens (including phenoxy) is 1. The summed E-state index contributed by atoms with van der Waals surface area (Å²) in [6.45, 7) is 1.11. The summed E-state index contributed by atoms with van der Waals surface area (Å²) >= 11 is 0. The Hall–Kier alpha value is -3.81. The minimum atomic E-state index is -4.65. The molecule has 3 aromatic rings. The van der Waals surface area contributed by atoms with E-state index in [1.807, 2.05) is 48.5 Å². The third-order valence-electron chi connectivity index (χ3n) is 6.06. The molecule has 3 aromatic carbocycles. The number of aliphatic carboxylic acids is 1. The summed E-state index contributed by atoms with van der Waals surface area (Å²) in [5.74, 6) is -1.71. The molecule has 0 aliphatic heterocycles. The van der Waals surface area contributed by atoms with Crippen molar-refractivity contribution in [1.82, 2.24) is 5.32 Å². The van der Waals surface area contributed by atoms with Crippen molar-refractivity contribution < 1.29 is 32.6 Å². The molecule has 5 nitrogen and oxygen atoms in total. The van der Waals surface area contributed by atoms with Crippen molar-refractivity contribution in [2.75, 3.05) is 6.61 Å². The number of benzene rings is 3. The summed E-state index contributed by atoms with van der Waals surface area (Å²) in [5.41, 5.74) is 0.838. The number of carboxylic acids is 1. The van der Waals surface area contributed by atoms with Crippen molar-refractivity contribution in [2.24, 2.45) is 0 Å². The molecule has 0 bridgehead atoms. The van der Waals surface area contributed by atoms with Gasteiger partial charge >= 0.3 is 18.2 Å². The lowest BCUT2D eigenvalue weighted by molar-refractivity contribution is -0.145. The maximum absolute atomic E-state index is 13.4. The lowest BCUT2D eigenvalue weighted by atomic mass is 9.90. The van der Waals surface area contributed by atoms with Crippen LogP contribution >= 0.6 is 0 Å². The fourth-order valence-corrected chi connectivity index (χ4v) is 4.36. The summed E-state index contributed by atoms with van der Waals surface area (Å²) < 4.78 is 45.5. The van der Waals surface area contributed by atoms with Crippen LogP contribution in [-0.2, 0) is 22.1 Å². The van der Waals surface area contributed by atoms with Crippen molar-refractivity contribution in [3.63, 3.8) is 0 Å². The van der Waals surface area contributed by atoms with Crippen LogP contribution < -0.4 is 5.32 Å². The second-order valence-corrected chi connectivity index (χ2v) is 8.42. The van der Waals surface area contributed by atoms with Crippen LogP contribution in [0.4, 0.5) is 18.0 Å². The van der Waals surface area contributed by atoms with E-state index in [9.17, 15) is 27.9 Å². The Kier molecular flexibility index (Phi) is 6.08. The van der Waals surface area contributed by atoms with Crippen LogP contribution in [0.2, 0.25) is 0 Å². The highest BCUT2D eigenvalue weighted by Gasteiger charge is 2.40. The zero-order chi connectivity index (χ0) is 24.5. The molecule has 1 amide bonds. The number of rotatable bonds is 6. The molecular formula is C26H22F3NO4. The number of alkyl halides is 3. The minimum Gasteiger partial charge on any atom is -0.480 e. The maximum atomic E-state index is 13.4. The quantitative estimate of drug-likeness (QED) is 0.491. The highest BCUT2D eigenvalue weighted by molar-refractivity contribution is 5.84. The van der Waals surface area contributed by atoms with Crippen molar-refractivity contribution in [3.8, 4) is 11.1 Å². The molecule has 8 heteroatoms. The molecule has 0 spiro atoms. The van der Waals surface area contributed by atoms with E-state index in [4.69, 9.17) is 4.74 Å². The van der Waals surface area contributed by atoms with Gasteiger partial charge < -0.3 is 15.2 Å². The van der Waals surface area contributed by atoms with Gasteiger partial charge in [-0.15, -0.1) is 0 Å². The van der Waals surface area contributed by atoms with Gasteiger partial charge in [0, 0.05) is 12.3 Å². The number of nitrogens with one attached hydrogen (secondary N) is 1. The second kappa shape index (κ2) is 8.85. The molecule has 34 heavy (non-hydrogen) atoms. The summed E-state index contributed by atoms with van der Waals surface area (Å²) in [6, 6.07) is 20.1. The molecule has 0 fully saturated rings. The summed E-state index contributed by atoms with van der Waals surface area (Å²) in [5, 5.41) is 12.0. The average molecular weight is 469 g/mol. The Morgan fingerprint density at radius 1 is 0.912 bits per heavy atom. The van der Waals surface area contributed by atoms with E-state index < -0.39 is 35.8 Å². The number of carbonyl (C=O) groups is 2. The van der Waals surface area contributed by atoms with Crippen LogP contribution in [0.25, 0.3) is 11.1 Å². The van der Waals surface area contributed by atoms with Crippen LogP contribution in [-0.4, -0.2) is 29.3 Å². The molecule has 1 unspecified atom stereocenters.